The number of hydrogen-bond donors (Lipinski definition) is 4. The van der Waals surface area contributed by atoms with Gasteiger partial charge in [0, 0.05) is 24.0 Å². The summed E-state index contributed by atoms with van der Waals surface area (Å²) in [5, 5.41) is 11.0. The summed E-state index contributed by atoms with van der Waals surface area (Å²) in [4.78, 5) is 17.4. The van der Waals surface area contributed by atoms with Crippen LogP contribution < -0.4 is 21.7 Å². The van der Waals surface area contributed by atoms with Crippen molar-refractivity contribution in [3.05, 3.63) is 35.9 Å². The van der Waals surface area contributed by atoms with Crippen molar-refractivity contribution in [2.24, 2.45) is 5.73 Å². The molecule has 1 aromatic carbocycles. The van der Waals surface area contributed by atoms with Crippen molar-refractivity contribution in [3.8, 4) is 0 Å². The Morgan fingerprint density at radius 2 is 2.00 bits per heavy atom. The van der Waals surface area contributed by atoms with Crippen molar-refractivity contribution in [2.45, 2.75) is 77.0 Å². The average molecular weight is 398 g/mol. The van der Waals surface area contributed by atoms with Crippen LogP contribution in [-0.2, 0) is 0 Å². The molecule has 0 bridgehead atoms. The van der Waals surface area contributed by atoms with Crippen molar-refractivity contribution in [1.29, 1.82) is 0 Å². The SMILES string of the molecule is CCC(CCNc1nc2ccccc2cc1C(=O)NC(C)N)NC1CCCCC1. The van der Waals surface area contributed by atoms with Crippen LogP contribution in [0, 0.1) is 0 Å². The highest BCUT2D eigenvalue weighted by atomic mass is 16.1. The number of rotatable bonds is 9. The highest BCUT2D eigenvalue weighted by Crippen LogP contribution is 2.22. The number of anilines is 1. The fraction of sp³-hybridized carbons (Fsp3) is 0.565. The molecule has 0 aliphatic heterocycles. The van der Waals surface area contributed by atoms with Crippen LogP contribution in [0.2, 0.25) is 0 Å². The van der Waals surface area contributed by atoms with Gasteiger partial charge in [-0.05, 0) is 44.7 Å². The summed E-state index contributed by atoms with van der Waals surface area (Å²) in [7, 11) is 0. The number of fused-ring (bicyclic) bond motifs is 1. The maximum atomic E-state index is 12.7. The van der Waals surface area contributed by atoms with Crippen LogP contribution in [0.1, 0.15) is 69.2 Å². The van der Waals surface area contributed by atoms with Gasteiger partial charge in [0.2, 0.25) is 0 Å². The normalized spacial score (nSPS) is 17.1. The third-order valence-electron chi connectivity index (χ3n) is 5.68. The van der Waals surface area contributed by atoms with Gasteiger partial charge < -0.3 is 21.7 Å². The first-order chi connectivity index (χ1) is 14.1. The first kappa shape index (κ1) is 21.5. The van der Waals surface area contributed by atoms with Crippen molar-refractivity contribution in [2.75, 3.05) is 11.9 Å². The van der Waals surface area contributed by atoms with E-state index in [2.05, 4.69) is 22.9 Å². The molecule has 2 unspecified atom stereocenters. The number of aromatic nitrogens is 1. The van der Waals surface area contributed by atoms with Crippen molar-refractivity contribution < 1.29 is 4.79 Å². The Bertz CT molecular complexity index is 801. The molecule has 158 valence electrons. The zero-order valence-electron chi connectivity index (χ0n) is 17.7. The number of pyridine rings is 1. The van der Waals surface area contributed by atoms with Gasteiger partial charge in [0.1, 0.15) is 5.82 Å². The summed E-state index contributed by atoms with van der Waals surface area (Å²) >= 11 is 0. The van der Waals surface area contributed by atoms with Crippen molar-refractivity contribution >= 4 is 22.6 Å². The molecule has 1 heterocycles. The Morgan fingerprint density at radius 1 is 1.24 bits per heavy atom. The number of para-hydroxylation sites is 1. The quantitative estimate of drug-likeness (QED) is 0.484. The van der Waals surface area contributed by atoms with Gasteiger partial charge in [0.05, 0.1) is 17.2 Å². The van der Waals surface area contributed by atoms with Crippen LogP contribution in [0.15, 0.2) is 30.3 Å². The number of hydrogen-bond acceptors (Lipinski definition) is 5. The number of benzene rings is 1. The van der Waals surface area contributed by atoms with Crippen LogP contribution in [0.3, 0.4) is 0 Å². The lowest BCUT2D eigenvalue weighted by molar-refractivity contribution is 0.0942. The molecule has 2 aromatic rings. The third-order valence-corrected chi connectivity index (χ3v) is 5.68. The van der Waals surface area contributed by atoms with E-state index in [1.807, 2.05) is 30.3 Å². The molecule has 29 heavy (non-hydrogen) atoms. The first-order valence-electron chi connectivity index (χ1n) is 11.0. The van der Waals surface area contributed by atoms with Crippen LogP contribution >= 0.6 is 0 Å². The molecule has 6 nitrogen and oxygen atoms in total. The lowest BCUT2D eigenvalue weighted by Crippen LogP contribution is -2.40. The molecule has 0 saturated heterocycles. The lowest BCUT2D eigenvalue weighted by Gasteiger charge is -2.28. The van der Waals surface area contributed by atoms with E-state index in [9.17, 15) is 4.79 Å². The van der Waals surface area contributed by atoms with Gasteiger partial charge in [-0.3, -0.25) is 4.79 Å². The van der Waals surface area contributed by atoms with Crippen LogP contribution in [-0.4, -0.2) is 35.7 Å². The van der Waals surface area contributed by atoms with E-state index in [-0.39, 0.29) is 5.91 Å². The molecule has 6 heteroatoms. The Kier molecular flexibility index (Phi) is 7.83. The van der Waals surface area contributed by atoms with Gasteiger partial charge in [-0.2, -0.15) is 0 Å². The number of nitrogens with two attached hydrogens (primary N) is 1. The molecule has 5 N–H and O–H groups in total. The molecule has 3 rings (SSSR count). The Labute approximate surface area is 174 Å². The third kappa shape index (κ3) is 6.15. The highest BCUT2D eigenvalue weighted by Gasteiger charge is 2.18. The summed E-state index contributed by atoms with van der Waals surface area (Å²) in [6.07, 6.45) is 8.31. The van der Waals surface area contributed by atoms with Crippen LogP contribution in [0.4, 0.5) is 5.82 Å². The maximum Gasteiger partial charge on any atom is 0.256 e. The molecule has 1 saturated carbocycles. The molecular formula is C23H35N5O. The number of nitrogens with zero attached hydrogens (tertiary/aromatic N) is 1. The zero-order chi connectivity index (χ0) is 20.6. The fourth-order valence-corrected chi connectivity index (χ4v) is 4.08. The van der Waals surface area contributed by atoms with Crippen molar-refractivity contribution in [3.63, 3.8) is 0 Å². The topological polar surface area (TPSA) is 92.1 Å². The van der Waals surface area contributed by atoms with Gasteiger partial charge >= 0.3 is 0 Å². The number of carbonyl (C=O) groups is 1. The summed E-state index contributed by atoms with van der Waals surface area (Å²) < 4.78 is 0. The molecule has 1 aliphatic carbocycles. The minimum atomic E-state index is -0.411. The van der Waals surface area contributed by atoms with Gasteiger partial charge in [-0.15, -0.1) is 0 Å². The predicted molar refractivity (Wildman–Crippen MR) is 120 cm³/mol. The van der Waals surface area contributed by atoms with Crippen LogP contribution in [0.25, 0.3) is 10.9 Å². The molecule has 2 atom stereocenters. The van der Waals surface area contributed by atoms with E-state index in [0.29, 0.717) is 23.5 Å². The second-order valence-corrected chi connectivity index (χ2v) is 8.16. The van der Waals surface area contributed by atoms with Crippen LogP contribution in [0.5, 0.6) is 0 Å². The monoisotopic (exact) mass is 397 g/mol. The summed E-state index contributed by atoms with van der Waals surface area (Å²) in [5.41, 5.74) is 7.17. The fourth-order valence-electron chi connectivity index (χ4n) is 4.08. The molecule has 1 aliphatic rings. The standard InChI is InChI=1S/C23H35N5O/c1-3-18(27-19-10-5-4-6-11-19)13-14-25-22-20(23(29)26-16(2)24)15-17-9-7-8-12-21(17)28-22/h7-9,12,15-16,18-19,27H,3-6,10-11,13-14,24H2,1-2H3,(H,25,28)(H,26,29). The molecule has 0 spiro atoms. The second kappa shape index (κ2) is 10.6. The molecular weight excluding hydrogens is 362 g/mol. The Hall–Kier alpha value is -2.18. The second-order valence-electron chi connectivity index (χ2n) is 8.16. The van der Waals surface area contributed by atoms with Crippen molar-refractivity contribution in [1.82, 2.24) is 15.6 Å². The smallest absolute Gasteiger partial charge is 0.256 e. The lowest BCUT2D eigenvalue weighted by atomic mass is 9.94. The molecule has 1 fully saturated rings. The minimum absolute atomic E-state index is 0.201. The number of nitrogens with one attached hydrogen (secondary N) is 3. The largest absolute Gasteiger partial charge is 0.369 e. The van der Waals surface area contributed by atoms with E-state index < -0.39 is 6.17 Å². The van der Waals surface area contributed by atoms with Gasteiger partial charge in [-0.1, -0.05) is 44.4 Å². The summed E-state index contributed by atoms with van der Waals surface area (Å²) in [6, 6.07) is 10.9. The minimum Gasteiger partial charge on any atom is -0.369 e. The van der Waals surface area contributed by atoms with E-state index in [4.69, 9.17) is 10.7 Å². The number of amides is 1. The number of carbonyl (C=O) groups excluding carboxylic acids is 1. The van der Waals surface area contributed by atoms with E-state index >= 15 is 0 Å². The van der Waals surface area contributed by atoms with E-state index in [1.54, 1.807) is 6.92 Å². The highest BCUT2D eigenvalue weighted by molar-refractivity contribution is 6.02. The molecule has 0 radical (unpaired) electrons. The Morgan fingerprint density at radius 3 is 2.72 bits per heavy atom. The Balaban J connectivity index is 1.67. The zero-order valence-corrected chi connectivity index (χ0v) is 17.7. The van der Waals surface area contributed by atoms with Gasteiger partial charge in [-0.25, -0.2) is 4.98 Å². The van der Waals surface area contributed by atoms with E-state index in [1.165, 1.54) is 32.1 Å². The summed E-state index contributed by atoms with van der Waals surface area (Å²) in [6.45, 7) is 4.75. The van der Waals surface area contributed by atoms with Gasteiger partial charge in [0.15, 0.2) is 0 Å². The van der Waals surface area contributed by atoms with E-state index in [0.717, 1.165) is 30.3 Å². The average Bonchev–Trinajstić information content (AvgIpc) is 2.72. The predicted octanol–water partition coefficient (Wildman–Crippen LogP) is 3.77. The first-order valence-corrected chi connectivity index (χ1v) is 11.0. The van der Waals surface area contributed by atoms with Gasteiger partial charge in [0.25, 0.3) is 5.91 Å². The summed E-state index contributed by atoms with van der Waals surface area (Å²) in [5.74, 6) is 0.419. The molecule has 1 amide bonds. The maximum absolute atomic E-state index is 12.7. The molecule has 1 aromatic heterocycles.